The number of phenolic OH excluding ortho intramolecular Hbond substituents is 2. The molecule has 6 atom stereocenters. The van der Waals surface area contributed by atoms with Crippen LogP contribution >= 0.6 is 0 Å². The molecule has 1 saturated heterocycles. The van der Waals surface area contributed by atoms with Crippen molar-refractivity contribution >= 4 is 17.3 Å². The largest absolute Gasteiger partial charge is 0.507 e. The minimum atomic E-state index is -2.13. The number of ether oxygens (including phenoxy) is 3. The Kier molecular flexibility index (Phi) is 6.47. The molecule has 5 N–H and O–H groups in total. The number of hydrogen-bond acceptors (Lipinski definition) is 11. The van der Waals surface area contributed by atoms with Crippen LogP contribution in [0.1, 0.15) is 75.3 Å². The molecule has 2 fully saturated rings. The lowest BCUT2D eigenvalue weighted by molar-refractivity contribution is -0.151. The van der Waals surface area contributed by atoms with Crippen molar-refractivity contribution in [1.82, 2.24) is 5.32 Å². The smallest absolute Gasteiger partial charge is 0.202 e. The number of phenols is 2. The Morgan fingerprint density at radius 3 is 2.60 bits per heavy atom. The van der Waals surface area contributed by atoms with Gasteiger partial charge in [0.2, 0.25) is 5.78 Å². The van der Waals surface area contributed by atoms with Gasteiger partial charge in [-0.2, -0.15) is 0 Å². The second kappa shape index (κ2) is 9.64. The maximum Gasteiger partial charge on any atom is 0.202 e. The van der Waals surface area contributed by atoms with E-state index in [1.54, 1.807) is 0 Å². The van der Waals surface area contributed by atoms with Gasteiger partial charge in [-0.25, -0.2) is 0 Å². The molecule has 2 aromatic carbocycles. The number of benzene rings is 2. The lowest BCUT2D eigenvalue weighted by Crippen LogP contribution is -2.49. The number of nitrogens with one attached hydrogen (secondary N) is 1. The molecule has 1 heterocycles. The van der Waals surface area contributed by atoms with Crippen LogP contribution in [0.25, 0.3) is 0 Å². The molecule has 212 valence electrons. The van der Waals surface area contributed by atoms with E-state index in [2.05, 4.69) is 5.32 Å². The van der Waals surface area contributed by atoms with Crippen LogP contribution in [0.3, 0.4) is 0 Å². The zero-order valence-electron chi connectivity index (χ0n) is 22.1. The van der Waals surface area contributed by atoms with Crippen LogP contribution in [-0.2, 0) is 20.7 Å². The molecule has 40 heavy (non-hydrogen) atoms. The van der Waals surface area contributed by atoms with Crippen LogP contribution in [0, 0.1) is 5.92 Å². The summed E-state index contributed by atoms with van der Waals surface area (Å²) < 4.78 is 17.5. The predicted octanol–water partition coefficient (Wildman–Crippen LogP) is 1.29. The van der Waals surface area contributed by atoms with E-state index in [0.29, 0.717) is 19.6 Å². The molecule has 0 radical (unpaired) electrons. The van der Waals surface area contributed by atoms with Gasteiger partial charge in [0, 0.05) is 35.6 Å². The Morgan fingerprint density at radius 1 is 1.12 bits per heavy atom. The predicted molar refractivity (Wildman–Crippen MR) is 138 cm³/mol. The van der Waals surface area contributed by atoms with E-state index in [1.807, 2.05) is 6.92 Å². The Morgan fingerprint density at radius 2 is 1.88 bits per heavy atom. The normalized spacial score (nSPS) is 30.8. The highest BCUT2D eigenvalue weighted by Crippen LogP contribution is 2.52. The number of carbonyl (C=O) groups is 3. The van der Waals surface area contributed by atoms with E-state index in [9.17, 15) is 34.8 Å². The number of hydrogen-bond donors (Lipinski definition) is 5. The summed E-state index contributed by atoms with van der Waals surface area (Å²) in [5.41, 5.74) is -3.00. The zero-order valence-corrected chi connectivity index (χ0v) is 22.1. The lowest BCUT2D eigenvalue weighted by atomic mass is 9.71. The summed E-state index contributed by atoms with van der Waals surface area (Å²) in [5, 5.41) is 47.3. The van der Waals surface area contributed by atoms with Crippen molar-refractivity contribution in [2.75, 3.05) is 20.4 Å². The maximum atomic E-state index is 13.7. The average molecular weight is 554 g/mol. The fourth-order valence-corrected chi connectivity index (χ4v) is 6.93. The van der Waals surface area contributed by atoms with E-state index >= 15 is 0 Å². The molecule has 11 nitrogen and oxygen atoms in total. The van der Waals surface area contributed by atoms with Crippen LogP contribution in [0.15, 0.2) is 18.2 Å². The van der Waals surface area contributed by atoms with Crippen molar-refractivity contribution in [3.05, 3.63) is 51.6 Å². The summed E-state index contributed by atoms with van der Waals surface area (Å²) in [6, 6.07) is 4.51. The van der Waals surface area contributed by atoms with Crippen LogP contribution in [0.4, 0.5) is 0 Å². The summed E-state index contributed by atoms with van der Waals surface area (Å²) in [6.07, 6.45) is -1.12. The van der Waals surface area contributed by atoms with Crippen molar-refractivity contribution in [2.24, 2.45) is 5.92 Å². The number of methoxy groups -OCH3 is 1. The van der Waals surface area contributed by atoms with Gasteiger partial charge in [-0.15, -0.1) is 0 Å². The van der Waals surface area contributed by atoms with Crippen LogP contribution in [-0.4, -0.2) is 82.1 Å². The number of ketones is 3. The summed E-state index contributed by atoms with van der Waals surface area (Å²) in [4.78, 5) is 40.0. The minimum Gasteiger partial charge on any atom is -0.507 e. The summed E-state index contributed by atoms with van der Waals surface area (Å²) in [7, 11) is 1.36. The molecular weight excluding hydrogens is 522 g/mol. The molecular formula is C29H31NO10. The Hall–Kier alpha value is -3.35. The van der Waals surface area contributed by atoms with Gasteiger partial charge >= 0.3 is 0 Å². The topological polar surface area (TPSA) is 172 Å². The molecule has 0 bridgehead atoms. The quantitative estimate of drug-likeness (QED) is 0.288. The van der Waals surface area contributed by atoms with E-state index < -0.39 is 59.1 Å². The van der Waals surface area contributed by atoms with Gasteiger partial charge in [0.15, 0.2) is 11.6 Å². The molecule has 3 aliphatic carbocycles. The van der Waals surface area contributed by atoms with Crippen molar-refractivity contribution in [3.63, 3.8) is 0 Å². The first kappa shape index (κ1) is 26.9. The second-order valence-corrected chi connectivity index (χ2v) is 11.2. The average Bonchev–Trinajstić information content (AvgIpc) is 3.41. The Labute approximate surface area is 229 Å². The van der Waals surface area contributed by atoms with Crippen molar-refractivity contribution in [3.8, 4) is 17.2 Å². The van der Waals surface area contributed by atoms with Gasteiger partial charge in [-0.05, 0) is 24.8 Å². The number of fused-ring (bicyclic) bond motifs is 4. The van der Waals surface area contributed by atoms with Gasteiger partial charge in [-0.1, -0.05) is 19.1 Å². The van der Waals surface area contributed by atoms with E-state index in [0.717, 1.165) is 0 Å². The summed E-state index contributed by atoms with van der Waals surface area (Å²) >= 11 is 0. The number of carbonyl (C=O) groups excluding carboxylic acids is 3. The van der Waals surface area contributed by atoms with Crippen molar-refractivity contribution in [2.45, 2.75) is 62.6 Å². The molecule has 0 amide bonds. The molecule has 0 unspecified atom stereocenters. The highest BCUT2D eigenvalue weighted by Gasteiger charge is 2.50. The lowest BCUT2D eigenvalue weighted by Gasteiger charge is -2.42. The van der Waals surface area contributed by atoms with Crippen molar-refractivity contribution < 1.29 is 49.0 Å². The van der Waals surface area contributed by atoms with E-state index in [1.165, 1.54) is 25.3 Å². The molecule has 6 rings (SSSR count). The molecule has 4 aliphatic rings. The molecule has 2 aromatic rings. The first-order valence-electron chi connectivity index (χ1n) is 13.3. The zero-order chi connectivity index (χ0) is 28.5. The van der Waals surface area contributed by atoms with Crippen LogP contribution in [0.5, 0.6) is 17.2 Å². The van der Waals surface area contributed by atoms with Crippen LogP contribution < -0.4 is 10.1 Å². The maximum absolute atomic E-state index is 13.7. The monoisotopic (exact) mass is 553 g/mol. The molecule has 11 heteroatoms. The number of aliphatic hydroxyl groups is 2. The highest BCUT2D eigenvalue weighted by atomic mass is 16.5. The van der Waals surface area contributed by atoms with Crippen molar-refractivity contribution in [1.29, 1.82) is 0 Å². The highest BCUT2D eigenvalue weighted by molar-refractivity contribution is 6.31. The van der Waals surface area contributed by atoms with Gasteiger partial charge in [0.05, 0.1) is 48.8 Å². The van der Waals surface area contributed by atoms with E-state index in [-0.39, 0.29) is 64.2 Å². The minimum absolute atomic E-state index is 0.00571. The summed E-state index contributed by atoms with van der Waals surface area (Å²) in [6.45, 7) is 1.51. The molecule has 1 saturated carbocycles. The molecule has 1 aliphatic heterocycles. The number of rotatable bonds is 5. The number of Topliss-reactive ketones (excluding diaryl/α,β-unsaturated/α-hetero) is 1. The van der Waals surface area contributed by atoms with Gasteiger partial charge in [0.25, 0.3) is 0 Å². The van der Waals surface area contributed by atoms with Crippen LogP contribution in [0.2, 0.25) is 0 Å². The molecule has 0 aromatic heterocycles. The Balaban J connectivity index is 1.49. The fraction of sp³-hybridized carbons (Fsp3) is 0.483. The second-order valence-electron chi connectivity index (χ2n) is 11.2. The fourth-order valence-electron chi connectivity index (χ4n) is 6.93. The standard InChI is InChI=1S/C29H31NO10/c1-12-6-13(7-16-28(12)39-11-30-16)40-18-9-29(37,19(32)10-31)8-15-21(18)27(36)23-22(25(15)34)24(33)14-4-3-5-17(38-2)20(14)26(23)35/h3-5,12-13,16,18,28,30-31,34,36-37H,6-11H2,1-2H3/t12-,13-,16+,18+,28-,29+/m1/s1. The van der Waals surface area contributed by atoms with E-state index in [4.69, 9.17) is 14.2 Å². The number of aromatic hydroxyl groups is 2. The first-order valence-corrected chi connectivity index (χ1v) is 13.3. The SMILES string of the molecule is COc1cccc2c1C(=O)c1c(O)c3c(c(O)c1C2=O)C[C@@](O)(C(=O)CO)C[C@@H]3O[C@@H]1C[C@@H](C)[C@H]2OCN[C@H]2C1. The third-order valence-corrected chi connectivity index (χ3v) is 8.83. The first-order chi connectivity index (χ1) is 19.1. The number of aliphatic hydroxyl groups excluding tert-OH is 1. The summed E-state index contributed by atoms with van der Waals surface area (Å²) in [5.74, 6) is -3.19. The van der Waals surface area contributed by atoms with Gasteiger partial charge in [0.1, 0.15) is 29.5 Å². The van der Waals surface area contributed by atoms with Gasteiger partial charge < -0.3 is 34.6 Å². The van der Waals surface area contributed by atoms with Gasteiger partial charge in [-0.3, -0.25) is 19.7 Å². The third kappa shape index (κ3) is 3.87. The molecule has 0 spiro atoms. The Bertz CT molecular complexity index is 1440. The third-order valence-electron chi connectivity index (χ3n) is 8.83.